The smallest absolute Gasteiger partial charge is 0.462 e. The second-order valence-electron chi connectivity index (χ2n) is 22.5. The normalized spacial score (nSPS) is 13.9. The largest absolute Gasteiger partial charge is 0.472 e. The number of likely N-dealkylation sites (N-methyl/N-ethyl adjacent to an activating group) is 1. The first kappa shape index (κ1) is 74.5. The number of fused-ring (bicyclic) bond motifs is 2. The van der Waals surface area contributed by atoms with E-state index >= 15 is 0 Å². The number of carbonyl (C=O) groups excluding carboxylic acids is 4. The molecular formula is C67H115N2O12P. The minimum absolute atomic E-state index is 0.0227. The van der Waals surface area contributed by atoms with Crippen LogP contribution in [0.4, 0.5) is 0 Å². The second-order valence-corrected chi connectivity index (χ2v) is 24.0. The van der Waals surface area contributed by atoms with Crippen molar-refractivity contribution >= 4 is 31.6 Å². The molecule has 0 aromatic heterocycles. The maximum atomic E-state index is 13.0. The van der Waals surface area contributed by atoms with Gasteiger partial charge >= 0.3 is 19.8 Å². The summed E-state index contributed by atoms with van der Waals surface area (Å²) < 4.78 is 42.4. The molecule has 0 radical (unpaired) electrons. The predicted molar refractivity (Wildman–Crippen MR) is 332 cm³/mol. The standard InChI is InChI=1S/C39H76O4.C28H39N2O8P/c1-4-6-8-10-12-14-16-18-20-22-24-26-28-30-32-34-38(40)42-36-37(3)43-39(41)35-33-31-29-27-25-23-21-19-17-15-13-11-9-7-5-2;1-3-37-39(33,34)38-17-14-29-27(31)12-15-35-18-19-36-16-13-28(32)30(2)26-21-23-9-5-4-8-22(23)20-24-10-6-7-11-25(24)26/h37H,4-36H2,1-3H3;4-11,26H,3,12-21H2,1-2H3,(H,29,31)(H,33,34). The Balaban J connectivity index is 0.000000562. The van der Waals surface area contributed by atoms with Crippen molar-refractivity contribution in [3.63, 3.8) is 0 Å². The molecule has 2 aromatic carbocycles. The molecule has 2 aromatic rings. The molecule has 0 bridgehead atoms. The Bertz CT molecular complexity index is 1970. The lowest BCUT2D eigenvalue weighted by molar-refractivity contribution is -0.158. The molecule has 1 aliphatic rings. The molecule has 14 nitrogen and oxygen atoms in total. The van der Waals surface area contributed by atoms with Gasteiger partial charge in [0.1, 0.15) is 12.7 Å². The molecule has 3 unspecified atom stereocenters. The van der Waals surface area contributed by atoms with Crippen molar-refractivity contribution in [2.75, 3.05) is 59.8 Å². The summed E-state index contributed by atoms with van der Waals surface area (Å²) in [5.74, 6) is -0.574. The maximum absolute atomic E-state index is 13.0. The molecule has 1 aliphatic carbocycles. The zero-order chi connectivity index (χ0) is 59.6. The maximum Gasteiger partial charge on any atom is 0.472 e. The molecule has 0 aliphatic heterocycles. The number of unbranched alkanes of at least 4 members (excludes halogenated alkanes) is 28. The molecule has 2 amide bonds. The van der Waals surface area contributed by atoms with Gasteiger partial charge in [-0.3, -0.25) is 28.2 Å². The first-order valence-corrected chi connectivity index (χ1v) is 34.2. The Morgan fingerprint density at radius 1 is 0.549 bits per heavy atom. The van der Waals surface area contributed by atoms with Gasteiger partial charge in [0.25, 0.3) is 0 Å². The van der Waals surface area contributed by atoms with Gasteiger partial charge in [-0.1, -0.05) is 242 Å². The summed E-state index contributed by atoms with van der Waals surface area (Å²) in [6, 6.07) is 16.7. The van der Waals surface area contributed by atoms with E-state index in [-0.39, 0.29) is 88.3 Å². The Labute approximate surface area is 498 Å². The van der Waals surface area contributed by atoms with E-state index in [1.807, 2.05) is 37.1 Å². The number of amides is 2. The zero-order valence-corrected chi connectivity index (χ0v) is 53.1. The lowest BCUT2D eigenvalue weighted by Gasteiger charge is -2.29. The molecule has 0 fully saturated rings. The molecular weight excluding hydrogens is 1060 g/mol. The number of hydrogen-bond donors (Lipinski definition) is 2. The van der Waals surface area contributed by atoms with Crippen LogP contribution in [0.1, 0.15) is 274 Å². The summed E-state index contributed by atoms with van der Waals surface area (Å²) in [6.45, 7) is 9.22. The van der Waals surface area contributed by atoms with Crippen LogP contribution in [-0.2, 0) is 64.6 Å². The lowest BCUT2D eigenvalue weighted by atomic mass is 9.97. The molecule has 82 heavy (non-hydrogen) atoms. The number of benzene rings is 2. The number of nitrogens with zero attached hydrogens (tertiary/aromatic N) is 1. The first-order valence-electron chi connectivity index (χ1n) is 32.7. The number of ether oxygens (including phenoxy) is 4. The molecule has 0 saturated carbocycles. The Hall–Kier alpha value is -3.65. The minimum Gasteiger partial charge on any atom is -0.462 e. The number of esters is 2. The second kappa shape index (κ2) is 50.7. The number of rotatable bonds is 51. The van der Waals surface area contributed by atoms with Gasteiger partial charge in [-0.2, -0.15) is 0 Å². The summed E-state index contributed by atoms with van der Waals surface area (Å²) in [5, 5.41) is 2.57. The Morgan fingerprint density at radius 2 is 0.988 bits per heavy atom. The highest BCUT2D eigenvalue weighted by atomic mass is 31.2. The van der Waals surface area contributed by atoms with Gasteiger partial charge in [0.2, 0.25) is 11.8 Å². The van der Waals surface area contributed by atoms with Gasteiger partial charge in [0.15, 0.2) is 0 Å². The van der Waals surface area contributed by atoms with E-state index in [4.69, 9.17) is 23.5 Å². The van der Waals surface area contributed by atoms with Crippen LogP contribution in [0, 0.1) is 0 Å². The fourth-order valence-electron chi connectivity index (χ4n) is 10.3. The average molecular weight is 1170 g/mol. The van der Waals surface area contributed by atoms with E-state index in [0.717, 1.165) is 38.5 Å². The molecule has 3 rings (SSSR count). The molecule has 2 N–H and O–H groups in total. The van der Waals surface area contributed by atoms with Crippen molar-refractivity contribution in [1.82, 2.24) is 10.2 Å². The van der Waals surface area contributed by atoms with E-state index in [0.29, 0.717) is 26.1 Å². The molecule has 0 spiro atoms. The average Bonchev–Trinajstić information content (AvgIpc) is 3.82. The van der Waals surface area contributed by atoms with Crippen molar-refractivity contribution in [2.24, 2.45) is 0 Å². The monoisotopic (exact) mass is 1170 g/mol. The van der Waals surface area contributed by atoms with Crippen molar-refractivity contribution in [3.8, 4) is 0 Å². The van der Waals surface area contributed by atoms with Crippen molar-refractivity contribution < 1.29 is 56.6 Å². The number of phosphoric ester groups is 1. The van der Waals surface area contributed by atoms with E-state index in [1.54, 1.807) is 6.92 Å². The van der Waals surface area contributed by atoms with Gasteiger partial charge in [0.05, 0.1) is 52.1 Å². The summed E-state index contributed by atoms with van der Waals surface area (Å²) in [6.07, 6.45) is 42.1. The fourth-order valence-corrected chi connectivity index (χ4v) is 11.1. The van der Waals surface area contributed by atoms with Crippen LogP contribution in [0.25, 0.3) is 0 Å². The summed E-state index contributed by atoms with van der Waals surface area (Å²) in [7, 11) is -2.19. The summed E-state index contributed by atoms with van der Waals surface area (Å²) in [4.78, 5) is 60.0. The topological polar surface area (TPSA) is 176 Å². The van der Waals surface area contributed by atoms with Gasteiger partial charge in [-0.25, -0.2) is 4.57 Å². The minimum atomic E-state index is -4.05. The third-order valence-electron chi connectivity index (χ3n) is 15.2. The Kier molecular flexibility index (Phi) is 46.0. The van der Waals surface area contributed by atoms with Crippen LogP contribution in [-0.4, -0.2) is 99.5 Å². The number of carbonyl (C=O) groups is 4. The molecule has 470 valence electrons. The fraction of sp³-hybridized carbons (Fsp3) is 0.761. The first-order chi connectivity index (χ1) is 39.9. The van der Waals surface area contributed by atoms with Crippen LogP contribution in [0.2, 0.25) is 0 Å². The molecule has 3 atom stereocenters. The SMILES string of the molecule is CCCCCCCCCCCCCCCCCC(=O)OCC(C)OC(=O)CCCCCCCCCCCCCCCCC.CCOP(=O)(O)OCCNC(=O)CCOCCOCCC(=O)N(C)C1Cc2ccccc2Cc2ccccc21. The highest BCUT2D eigenvalue weighted by Crippen LogP contribution is 2.42. The highest BCUT2D eigenvalue weighted by Gasteiger charge is 2.27. The van der Waals surface area contributed by atoms with Crippen LogP contribution in [0.15, 0.2) is 48.5 Å². The van der Waals surface area contributed by atoms with Crippen LogP contribution in [0.5, 0.6) is 0 Å². The van der Waals surface area contributed by atoms with E-state index < -0.39 is 7.82 Å². The third-order valence-corrected chi connectivity index (χ3v) is 16.3. The zero-order valence-electron chi connectivity index (χ0n) is 52.2. The highest BCUT2D eigenvalue weighted by molar-refractivity contribution is 7.47. The predicted octanol–water partition coefficient (Wildman–Crippen LogP) is 16.4. The number of phosphoric acid groups is 1. The third kappa shape index (κ3) is 39.8. The molecule has 0 saturated heterocycles. The molecule has 15 heteroatoms. The van der Waals surface area contributed by atoms with Crippen LogP contribution >= 0.6 is 7.82 Å². The van der Waals surface area contributed by atoms with Gasteiger partial charge in [-0.05, 0) is 61.8 Å². The summed E-state index contributed by atoms with van der Waals surface area (Å²) >= 11 is 0. The van der Waals surface area contributed by atoms with E-state index in [9.17, 15) is 28.6 Å². The Morgan fingerprint density at radius 3 is 1.49 bits per heavy atom. The molecule has 0 heterocycles. The van der Waals surface area contributed by atoms with Crippen LogP contribution < -0.4 is 5.32 Å². The van der Waals surface area contributed by atoms with Gasteiger partial charge in [0, 0.05) is 32.9 Å². The summed E-state index contributed by atoms with van der Waals surface area (Å²) in [5.41, 5.74) is 5.01. The van der Waals surface area contributed by atoms with E-state index in [2.05, 4.69) is 54.0 Å². The number of nitrogens with one attached hydrogen (secondary N) is 1. The van der Waals surface area contributed by atoms with Crippen molar-refractivity contribution in [1.29, 1.82) is 0 Å². The van der Waals surface area contributed by atoms with Crippen LogP contribution in [0.3, 0.4) is 0 Å². The van der Waals surface area contributed by atoms with Gasteiger partial charge in [-0.15, -0.1) is 0 Å². The van der Waals surface area contributed by atoms with Crippen molar-refractivity contribution in [2.45, 2.75) is 271 Å². The quantitative estimate of drug-likeness (QED) is 0.0365. The lowest BCUT2D eigenvalue weighted by Crippen LogP contribution is -2.33. The van der Waals surface area contributed by atoms with E-state index in [1.165, 1.54) is 189 Å². The van der Waals surface area contributed by atoms with Crippen molar-refractivity contribution in [3.05, 3.63) is 70.8 Å². The van der Waals surface area contributed by atoms with Gasteiger partial charge < -0.3 is 34.1 Å². The number of hydrogen-bond acceptors (Lipinski definition) is 11.